The highest BCUT2D eigenvalue weighted by atomic mass is 32.2. The number of rotatable bonds is 7. The second-order valence-electron chi connectivity index (χ2n) is 6.01. The summed E-state index contributed by atoms with van der Waals surface area (Å²) in [7, 11) is -3.57. The Bertz CT molecular complexity index is 933. The van der Waals surface area contributed by atoms with Gasteiger partial charge in [0.25, 0.3) is 0 Å². The molecule has 2 aromatic carbocycles. The smallest absolute Gasteiger partial charge is 0.232 e. The molecule has 1 amide bonds. The molecule has 0 atom stereocenters. The van der Waals surface area contributed by atoms with E-state index in [9.17, 15) is 13.2 Å². The third kappa shape index (κ3) is 5.60. The second-order valence-corrected chi connectivity index (χ2v) is 7.92. The molecule has 0 radical (unpaired) electrons. The van der Waals surface area contributed by atoms with Crippen LogP contribution in [0.3, 0.4) is 0 Å². The number of nitriles is 1. The summed E-state index contributed by atoms with van der Waals surface area (Å²) in [5.41, 5.74) is 2.83. The summed E-state index contributed by atoms with van der Waals surface area (Å²) in [5, 5.41) is 11.8. The molecule has 0 bridgehead atoms. The molecule has 0 unspecified atom stereocenters. The van der Waals surface area contributed by atoms with E-state index in [0.29, 0.717) is 17.8 Å². The van der Waals surface area contributed by atoms with Crippen molar-refractivity contribution in [3.63, 3.8) is 0 Å². The molecule has 0 heterocycles. The molecule has 1 N–H and O–H groups in total. The van der Waals surface area contributed by atoms with E-state index < -0.39 is 10.0 Å². The zero-order chi connectivity index (χ0) is 19.2. The molecule has 0 aliphatic rings. The summed E-state index contributed by atoms with van der Waals surface area (Å²) in [6.45, 7) is 2.38. The van der Waals surface area contributed by atoms with Crippen LogP contribution in [0.15, 0.2) is 48.5 Å². The van der Waals surface area contributed by atoms with Crippen LogP contribution in [0.2, 0.25) is 0 Å². The Labute approximate surface area is 154 Å². The van der Waals surface area contributed by atoms with Crippen molar-refractivity contribution in [2.24, 2.45) is 0 Å². The summed E-state index contributed by atoms with van der Waals surface area (Å²) in [5.74, 6) is -0.239. The number of sulfonamides is 1. The fourth-order valence-electron chi connectivity index (χ4n) is 2.53. The monoisotopic (exact) mass is 371 g/mol. The number of nitrogens with one attached hydrogen (secondary N) is 1. The van der Waals surface area contributed by atoms with Crippen molar-refractivity contribution in [3.05, 3.63) is 65.2 Å². The fourth-order valence-corrected chi connectivity index (χ4v) is 3.45. The van der Waals surface area contributed by atoms with Crippen molar-refractivity contribution < 1.29 is 13.2 Å². The van der Waals surface area contributed by atoms with Crippen molar-refractivity contribution in [2.45, 2.75) is 19.9 Å². The lowest BCUT2D eigenvalue weighted by molar-refractivity contribution is -0.121. The Morgan fingerprint density at radius 3 is 2.58 bits per heavy atom. The van der Waals surface area contributed by atoms with Gasteiger partial charge in [0.05, 0.1) is 23.6 Å². The summed E-state index contributed by atoms with van der Waals surface area (Å²) in [4.78, 5) is 12.1. The van der Waals surface area contributed by atoms with E-state index in [1.165, 1.54) is 6.07 Å². The van der Waals surface area contributed by atoms with Gasteiger partial charge in [-0.25, -0.2) is 8.42 Å². The molecule has 0 saturated carbocycles. The van der Waals surface area contributed by atoms with Gasteiger partial charge in [-0.1, -0.05) is 35.9 Å². The van der Waals surface area contributed by atoms with Gasteiger partial charge in [0, 0.05) is 19.5 Å². The lowest BCUT2D eigenvalue weighted by atomic mass is 10.1. The van der Waals surface area contributed by atoms with Gasteiger partial charge in [-0.15, -0.1) is 0 Å². The van der Waals surface area contributed by atoms with Crippen LogP contribution in [-0.4, -0.2) is 27.1 Å². The molecular weight excluding hydrogens is 350 g/mol. The average Bonchev–Trinajstić information content (AvgIpc) is 2.59. The van der Waals surface area contributed by atoms with Crippen LogP contribution in [0.4, 0.5) is 5.69 Å². The highest BCUT2D eigenvalue weighted by Gasteiger charge is 2.19. The van der Waals surface area contributed by atoms with E-state index in [1.54, 1.807) is 18.2 Å². The Morgan fingerprint density at radius 1 is 1.19 bits per heavy atom. The van der Waals surface area contributed by atoms with E-state index in [1.807, 2.05) is 37.3 Å². The zero-order valence-electron chi connectivity index (χ0n) is 14.8. The van der Waals surface area contributed by atoms with Crippen molar-refractivity contribution >= 4 is 21.6 Å². The Morgan fingerprint density at radius 2 is 1.92 bits per heavy atom. The molecule has 26 heavy (non-hydrogen) atoms. The minimum Gasteiger partial charge on any atom is -0.352 e. The van der Waals surface area contributed by atoms with E-state index in [-0.39, 0.29) is 18.9 Å². The average molecular weight is 371 g/mol. The van der Waals surface area contributed by atoms with Gasteiger partial charge in [-0.2, -0.15) is 5.26 Å². The molecular formula is C19H21N3O3S. The van der Waals surface area contributed by atoms with Gasteiger partial charge in [-0.3, -0.25) is 9.10 Å². The van der Waals surface area contributed by atoms with Crippen molar-refractivity contribution in [1.82, 2.24) is 5.32 Å². The largest absolute Gasteiger partial charge is 0.352 e. The number of carbonyl (C=O) groups excluding carboxylic acids is 1. The third-order valence-corrected chi connectivity index (χ3v) is 4.97. The Balaban J connectivity index is 2.01. The van der Waals surface area contributed by atoms with Crippen LogP contribution in [0.1, 0.15) is 23.1 Å². The summed E-state index contributed by atoms with van der Waals surface area (Å²) >= 11 is 0. The molecule has 0 aliphatic carbocycles. The van der Waals surface area contributed by atoms with Crippen LogP contribution in [0.25, 0.3) is 0 Å². The lowest BCUT2D eigenvalue weighted by Gasteiger charge is -2.22. The first-order valence-electron chi connectivity index (χ1n) is 8.10. The number of nitrogens with zero attached hydrogens (tertiary/aromatic N) is 2. The lowest BCUT2D eigenvalue weighted by Crippen LogP contribution is -2.34. The first-order chi connectivity index (χ1) is 12.3. The standard InChI is InChI=1S/C19H21N3O3S/c1-15-5-3-7-17(11-15)14-21-19(23)9-10-22(26(2,24)25)18-8-4-6-16(12-18)13-20/h3-8,11-12H,9-10,14H2,1-2H3,(H,21,23). The quantitative estimate of drug-likeness (QED) is 0.809. The van der Waals surface area contributed by atoms with Crippen molar-refractivity contribution in [3.8, 4) is 6.07 Å². The van der Waals surface area contributed by atoms with E-state index >= 15 is 0 Å². The molecule has 0 aliphatic heterocycles. The van der Waals surface area contributed by atoms with Crippen molar-refractivity contribution in [2.75, 3.05) is 17.1 Å². The molecule has 0 saturated heterocycles. The van der Waals surface area contributed by atoms with Gasteiger partial charge in [0.2, 0.25) is 15.9 Å². The number of aryl methyl sites for hydroxylation is 1. The SMILES string of the molecule is Cc1cccc(CNC(=O)CCN(c2cccc(C#N)c2)S(C)(=O)=O)c1. The van der Waals surface area contributed by atoms with Gasteiger partial charge in [-0.05, 0) is 30.7 Å². The Kier molecular flexibility index (Phi) is 6.36. The molecule has 0 spiro atoms. The van der Waals surface area contributed by atoms with Gasteiger partial charge in [0.15, 0.2) is 0 Å². The number of anilines is 1. The molecule has 2 aromatic rings. The second kappa shape index (κ2) is 8.50. The maximum Gasteiger partial charge on any atom is 0.232 e. The fraction of sp³-hybridized carbons (Fsp3) is 0.263. The Hall–Kier alpha value is -2.85. The van der Waals surface area contributed by atoms with Crippen LogP contribution < -0.4 is 9.62 Å². The first kappa shape index (κ1) is 19.5. The van der Waals surface area contributed by atoms with Crippen LogP contribution in [0, 0.1) is 18.3 Å². The maximum atomic E-state index is 12.1. The van der Waals surface area contributed by atoms with E-state index in [2.05, 4.69) is 5.32 Å². The van der Waals surface area contributed by atoms with Gasteiger partial charge < -0.3 is 5.32 Å². The molecule has 136 valence electrons. The minimum absolute atomic E-state index is 0.00731. The van der Waals surface area contributed by atoms with Gasteiger partial charge >= 0.3 is 0 Å². The van der Waals surface area contributed by atoms with E-state index in [4.69, 9.17) is 5.26 Å². The summed E-state index contributed by atoms with van der Waals surface area (Å²) in [6.07, 6.45) is 1.10. The highest BCUT2D eigenvalue weighted by molar-refractivity contribution is 7.92. The first-order valence-corrected chi connectivity index (χ1v) is 9.94. The summed E-state index contributed by atoms with van der Waals surface area (Å²) < 4.78 is 25.3. The van der Waals surface area contributed by atoms with E-state index in [0.717, 1.165) is 21.7 Å². The third-order valence-electron chi connectivity index (χ3n) is 3.78. The minimum atomic E-state index is -3.57. The highest BCUT2D eigenvalue weighted by Crippen LogP contribution is 2.19. The maximum absolute atomic E-state index is 12.1. The van der Waals surface area contributed by atoms with Crippen molar-refractivity contribution in [1.29, 1.82) is 5.26 Å². The normalized spacial score (nSPS) is 10.8. The van der Waals surface area contributed by atoms with Crippen LogP contribution in [0.5, 0.6) is 0 Å². The topological polar surface area (TPSA) is 90.3 Å². The summed E-state index contributed by atoms with van der Waals surface area (Å²) in [6, 6.07) is 16.1. The molecule has 2 rings (SSSR count). The zero-order valence-corrected chi connectivity index (χ0v) is 15.6. The molecule has 7 heteroatoms. The molecule has 0 aromatic heterocycles. The molecule has 6 nitrogen and oxygen atoms in total. The number of carbonyl (C=O) groups is 1. The van der Waals surface area contributed by atoms with Crippen LogP contribution in [-0.2, 0) is 21.4 Å². The number of hydrogen-bond acceptors (Lipinski definition) is 4. The van der Waals surface area contributed by atoms with Gasteiger partial charge in [0.1, 0.15) is 0 Å². The predicted octanol–water partition coefficient (Wildman–Crippen LogP) is 2.34. The van der Waals surface area contributed by atoms with Crippen LogP contribution >= 0.6 is 0 Å². The number of hydrogen-bond donors (Lipinski definition) is 1. The predicted molar refractivity (Wildman–Crippen MR) is 101 cm³/mol. The number of amides is 1. The number of benzene rings is 2. The molecule has 0 fully saturated rings.